The van der Waals surface area contributed by atoms with Gasteiger partial charge in [-0.1, -0.05) is 36.8 Å². The zero-order chi connectivity index (χ0) is 12.0. The van der Waals surface area contributed by atoms with Crippen molar-refractivity contribution in [2.45, 2.75) is 26.5 Å². The van der Waals surface area contributed by atoms with E-state index in [0.717, 1.165) is 5.56 Å². The molecular weight excluding hydrogens is 202 g/mol. The van der Waals surface area contributed by atoms with Gasteiger partial charge in [0, 0.05) is 12.1 Å². The van der Waals surface area contributed by atoms with Crippen molar-refractivity contribution in [1.29, 1.82) is 0 Å². The second-order valence-electron chi connectivity index (χ2n) is 3.63. The average Bonchev–Trinajstić information content (AvgIpc) is 2.28. The standard InChI is InChI=1S/C13H15NO2/c1-4-14(11(2)3)13(15)16-10-12-8-6-5-7-9-12/h1,5-9,11H,10H2,2-3H3. The van der Waals surface area contributed by atoms with Crippen molar-refractivity contribution in [3.05, 3.63) is 35.9 Å². The van der Waals surface area contributed by atoms with E-state index in [2.05, 4.69) is 6.04 Å². The number of terminal acetylenes is 1. The molecule has 0 bridgehead atoms. The van der Waals surface area contributed by atoms with E-state index in [0.29, 0.717) is 0 Å². The number of nitrogens with zero attached hydrogens (tertiary/aromatic N) is 1. The average molecular weight is 217 g/mol. The number of carbonyl (C=O) groups excluding carboxylic acids is 1. The van der Waals surface area contributed by atoms with E-state index < -0.39 is 6.09 Å². The van der Waals surface area contributed by atoms with Crippen molar-refractivity contribution in [3.8, 4) is 12.5 Å². The third-order valence-electron chi connectivity index (χ3n) is 2.06. The lowest BCUT2D eigenvalue weighted by molar-refractivity contribution is 0.106. The van der Waals surface area contributed by atoms with Crippen LogP contribution in [0.3, 0.4) is 0 Å². The number of hydrogen-bond acceptors (Lipinski definition) is 2. The lowest BCUT2D eigenvalue weighted by atomic mass is 10.2. The Morgan fingerprint density at radius 1 is 1.44 bits per heavy atom. The molecule has 1 aromatic rings. The number of benzene rings is 1. The Bertz CT molecular complexity index is 379. The molecule has 0 unspecified atom stereocenters. The molecule has 16 heavy (non-hydrogen) atoms. The number of ether oxygens (including phenoxy) is 1. The van der Waals surface area contributed by atoms with Crippen molar-refractivity contribution >= 4 is 6.09 Å². The predicted molar refractivity (Wildman–Crippen MR) is 62.4 cm³/mol. The fraction of sp³-hybridized carbons (Fsp3) is 0.308. The van der Waals surface area contributed by atoms with Gasteiger partial charge in [-0.3, -0.25) is 0 Å². The predicted octanol–water partition coefficient (Wildman–Crippen LogP) is 2.62. The Balaban J connectivity index is 2.50. The van der Waals surface area contributed by atoms with E-state index in [1.165, 1.54) is 4.90 Å². The molecule has 0 N–H and O–H groups in total. The minimum atomic E-state index is -0.485. The first-order valence-electron chi connectivity index (χ1n) is 5.11. The summed E-state index contributed by atoms with van der Waals surface area (Å²) in [4.78, 5) is 12.8. The third kappa shape index (κ3) is 3.32. The summed E-state index contributed by atoms with van der Waals surface area (Å²) in [6.45, 7) is 3.91. The van der Waals surface area contributed by atoms with Crippen LogP contribution in [0.2, 0.25) is 0 Å². The molecule has 1 aromatic carbocycles. The van der Waals surface area contributed by atoms with Crippen molar-refractivity contribution in [2.24, 2.45) is 0 Å². The molecule has 0 aromatic heterocycles. The van der Waals surface area contributed by atoms with Gasteiger partial charge in [-0.05, 0) is 19.4 Å². The number of amides is 1. The summed E-state index contributed by atoms with van der Waals surface area (Å²) in [6, 6.07) is 11.7. The number of rotatable bonds is 3. The Morgan fingerprint density at radius 3 is 2.56 bits per heavy atom. The largest absolute Gasteiger partial charge is 0.444 e. The molecule has 0 aliphatic heterocycles. The van der Waals surface area contributed by atoms with Gasteiger partial charge in [0.2, 0.25) is 0 Å². The minimum Gasteiger partial charge on any atom is -0.444 e. The fourth-order valence-electron chi connectivity index (χ4n) is 1.20. The fourth-order valence-corrected chi connectivity index (χ4v) is 1.20. The second-order valence-corrected chi connectivity index (χ2v) is 3.63. The first kappa shape index (κ1) is 12.1. The van der Waals surface area contributed by atoms with E-state index in [4.69, 9.17) is 11.2 Å². The maximum Gasteiger partial charge on any atom is 0.422 e. The highest BCUT2D eigenvalue weighted by atomic mass is 16.6. The van der Waals surface area contributed by atoms with Gasteiger partial charge in [0.1, 0.15) is 6.61 Å². The van der Waals surface area contributed by atoms with E-state index in [-0.39, 0.29) is 12.6 Å². The van der Waals surface area contributed by atoms with E-state index in [9.17, 15) is 4.79 Å². The Hall–Kier alpha value is -1.95. The monoisotopic (exact) mass is 217 g/mol. The van der Waals surface area contributed by atoms with Gasteiger partial charge < -0.3 is 4.74 Å². The van der Waals surface area contributed by atoms with Crippen LogP contribution in [0.15, 0.2) is 30.3 Å². The smallest absolute Gasteiger partial charge is 0.422 e. The van der Waals surface area contributed by atoms with Crippen LogP contribution < -0.4 is 0 Å². The topological polar surface area (TPSA) is 29.5 Å². The molecule has 0 saturated heterocycles. The highest BCUT2D eigenvalue weighted by Gasteiger charge is 2.15. The molecule has 3 nitrogen and oxygen atoms in total. The normalized spacial score (nSPS) is 9.62. The lowest BCUT2D eigenvalue weighted by Gasteiger charge is -2.18. The van der Waals surface area contributed by atoms with Gasteiger partial charge in [-0.25, -0.2) is 9.69 Å². The third-order valence-corrected chi connectivity index (χ3v) is 2.06. The van der Waals surface area contributed by atoms with Crippen LogP contribution in [-0.4, -0.2) is 17.0 Å². The zero-order valence-electron chi connectivity index (χ0n) is 9.51. The minimum absolute atomic E-state index is 0.0618. The van der Waals surface area contributed by atoms with Gasteiger partial charge in [0.25, 0.3) is 0 Å². The van der Waals surface area contributed by atoms with Gasteiger partial charge in [-0.2, -0.15) is 0 Å². The molecule has 84 valence electrons. The number of carbonyl (C=O) groups is 1. The van der Waals surface area contributed by atoms with Crippen LogP contribution in [-0.2, 0) is 11.3 Å². The summed E-state index contributed by atoms with van der Waals surface area (Å²) in [5, 5.41) is 0. The summed E-state index contributed by atoms with van der Waals surface area (Å²) >= 11 is 0. The molecule has 3 heteroatoms. The molecule has 0 fully saturated rings. The molecule has 0 spiro atoms. The van der Waals surface area contributed by atoms with E-state index >= 15 is 0 Å². The van der Waals surface area contributed by atoms with Gasteiger partial charge in [0.05, 0.1) is 0 Å². The lowest BCUT2D eigenvalue weighted by Crippen LogP contribution is -2.32. The summed E-state index contributed by atoms with van der Waals surface area (Å²) in [5.41, 5.74) is 0.941. The first-order chi connectivity index (χ1) is 7.65. The Morgan fingerprint density at radius 2 is 2.06 bits per heavy atom. The number of hydrogen-bond donors (Lipinski definition) is 0. The molecule has 0 saturated carbocycles. The molecule has 0 radical (unpaired) electrons. The highest BCUT2D eigenvalue weighted by Crippen LogP contribution is 2.04. The zero-order valence-corrected chi connectivity index (χ0v) is 9.51. The molecule has 1 rings (SSSR count). The van der Waals surface area contributed by atoms with Crippen LogP contribution >= 0.6 is 0 Å². The van der Waals surface area contributed by atoms with Crippen LogP contribution in [0, 0.1) is 12.5 Å². The summed E-state index contributed by atoms with van der Waals surface area (Å²) in [5.74, 6) is 0. The summed E-state index contributed by atoms with van der Waals surface area (Å²) in [6.07, 6.45) is 4.73. The summed E-state index contributed by atoms with van der Waals surface area (Å²) < 4.78 is 5.09. The van der Waals surface area contributed by atoms with Crippen molar-refractivity contribution < 1.29 is 9.53 Å². The molecular formula is C13H15NO2. The maximum absolute atomic E-state index is 11.6. The van der Waals surface area contributed by atoms with Crippen molar-refractivity contribution in [2.75, 3.05) is 0 Å². The molecule has 0 aliphatic rings. The Labute approximate surface area is 96.0 Å². The van der Waals surface area contributed by atoms with Crippen LogP contribution in [0.25, 0.3) is 0 Å². The van der Waals surface area contributed by atoms with Gasteiger partial charge in [-0.15, -0.1) is 0 Å². The van der Waals surface area contributed by atoms with Crippen LogP contribution in [0.5, 0.6) is 0 Å². The summed E-state index contributed by atoms with van der Waals surface area (Å²) in [7, 11) is 0. The van der Waals surface area contributed by atoms with Crippen molar-refractivity contribution in [1.82, 2.24) is 4.90 Å². The van der Waals surface area contributed by atoms with Crippen LogP contribution in [0.4, 0.5) is 4.79 Å². The Kier molecular flexibility index (Phi) is 4.41. The van der Waals surface area contributed by atoms with Crippen LogP contribution in [0.1, 0.15) is 19.4 Å². The van der Waals surface area contributed by atoms with Gasteiger partial charge >= 0.3 is 6.09 Å². The molecule has 0 atom stereocenters. The molecule has 1 amide bonds. The maximum atomic E-state index is 11.6. The SMILES string of the molecule is C#CN(C(=O)OCc1ccccc1)C(C)C. The quantitative estimate of drug-likeness (QED) is 0.575. The second kappa shape index (κ2) is 5.82. The first-order valence-corrected chi connectivity index (χ1v) is 5.11. The van der Waals surface area contributed by atoms with E-state index in [1.54, 1.807) is 0 Å². The highest BCUT2D eigenvalue weighted by molar-refractivity contribution is 5.70. The van der Waals surface area contributed by atoms with Gasteiger partial charge in [0.15, 0.2) is 0 Å². The van der Waals surface area contributed by atoms with E-state index in [1.807, 2.05) is 44.2 Å². The molecule has 0 aliphatic carbocycles. The van der Waals surface area contributed by atoms with Crippen molar-refractivity contribution in [3.63, 3.8) is 0 Å². The molecule has 0 heterocycles.